The van der Waals surface area contributed by atoms with E-state index in [9.17, 15) is 8.42 Å². The lowest BCUT2D eigenvalue weighted by Gasteiger charge is -2.26. The Bertz CT molecular complexity index is 808. The van der Waals surface area contributed by atoms with Crippen molar-refractivity contribution in [1.82, 2.24) is 4.90 Å². The van der Waals surface area contributed by atoms with Crippen molar-refractivity contribution in [2.24, 2.45) is 0 Å². The normalized spacial score (nSPS) is 26.2. The molecule has 4 nitrogen and oxygen atoms in total. The number of anilines is 1. The van der Waals surface area contributed by atoms with Crippen LogP contribution >= 0.6 is 0 Å². The van der Waals surface area contributed by atoms with E-state index in [0.717, 1.165) is 31.6 Å². The molecular formula is C19H22N2O2S. The van der Waals surface area contributed by atoms with Crippen molar-refractivity contribution in [3.8, 4) is 0 Å². The molecule has 2 aromatic rings. The van der Waals surface area contributed by atoms with Crippen LogP contribution in [0.5, 0.6) is 0 Å². The smallest absolute Gasteiger partial charge is 0.242 e. The maximum atomic E-state index is 13.2. The second kappa shape index (κ2) is 5.90. The lowest BCUT2D eigenvalue weighted by atomic mass is 10.0. The number of hydrogen-bond donors (Lipinski definition) is 0. The van der Waals surface area contributed by atoms with Crippen LogP contribution in [0.3, 0.4) is 0 Å². The third kappa shape index (κ3) is 2.52. The fraction of sp³-hybridized carbons (Fsp3) is 0.368. The van der Waals surface area contributed by atoms with Gasteiger partial charge in [-0.05, 0) is 30.5 Å². The van der Waals surface area contributed by atoms with Gasteiger partial charge >= 0.3 is 0 Å². The number of sulfonamides is 1. The Morgan fingerprint density at radius 1 is 0.875 bits per heavy atom. The summed E-state index contributed by atoms with van der Waals surface area (Å²) in [6.07, 6.45) is 1.45. The Balaban J connectivity index is 1.54. The molecule has 1 atom stereocenters. The van der Waals surface area contributed by atoms with E-state index < -0.39 is 14.8 Å². The predicted octanol–water partition coefficient (Wildman–Crippen LogP) is 2.87. The van der Waals surface area contributed by atoms with Crippen LogP contribution < -0.4 is 4.31 Å². The highest BCUT2D eigenvalue weighted by molar-refractivity contribution is 7.94. The molecule has 0 N–H and O–H groups in total. The standard InChI is InChI=1S/C19H22N2O2S/c22-24(23)19(12-14-21(24)18-9-5-2-6-10-18)11-13-20(16-19)15-17-7-3-1-4-8-17/h1-10H,11-16H2/t19-/m0/s1. The topological polar surface area (TPSA) is 40.6 Å². The van der Waals surface area contributed by atoms with Crippen molar-refractivity contribution in [2.75, 3.05) is 23.9 Å². The summed E-state index contributed by atoms with van der Waals surface area (Å²) in [5.74, 6) is 0. The fourth-order valence-electron chi connectivity index (χ4n) is 3.97. The van der Waals surface area contributed by atoms with Crippen molar-refractivity contribution in [3.63, 3.8) is 0 Å². The second-order valence-electron chi connectivity index (χ2n) is 6.79. The number of benzene rings is 2. The molecule has 0 amide bonds. The van der Waals surface area contributed by atoms with Crippen LogP contribution in [-0.4, -0.2) is 37.7 Å². The van der Waals surface area contributed by atoms with Gasteiger partial charge in [0, 0.05) is 26.2 Å². The third-order valence-electron chi connectivity index (χ3n) is 5.30. The zero-order valence-electron chi connectivity index (χ0n) is 13.6. The number of hydrogen-bond acceptors (Lipinski definition) is 3. The molecule has 24 heavy (non-hydrogen) atoms. The van der Waals surface area contributed by atoms with Crippen molar-refractivity contribution in [2.45, 2.75) is 24.1 Å². The van der Waals surface area contributed by atoms with Gasteiger partial charge in [-0.3, -0.25) is 9.21 Å². The first-order valence-corrected chi connectivity index (χ1v) is 9.88. The van der Waals surface area contributed by atoms with E-state index >= 15 is 0 Å². The molecule has 126 valence electrons. The Labute approximate surface area is 143 Å². The number of likely N-dealkylation sites (tertiary alicyclic amines) is 1. The third-order valence-corrected chi connectivity index (χ3v) is 7.90. The number of para-hydroxylation sites is 1. The minimum Gasteiger partial charge on any atom is -0.297 e. The van der Waals surface area contributed by atoms with E-state index in [2.05, 4.69) is 17.0 Å². The van der Waals surface area contributed by atoms with Gasteiger partial charge in [0.25, 0.3) is 0 Å². The average molecular weight is 342 g/mol. The van der Waals surface area contributed by atoms with E-state index in [4.69, 9.17) is 0 Å². The molecule has 2 aliphatic heterocycles. The first-order chi connectivity index (χ1) is 11.6. The van der Waals surface area contributed by atoms with Crippen LogP contribution in [0.15, 0.2) is 60.7 Å². The van der Waals surface area contributed by atoms with Crippen LogP contribution in [0.4, 0.5) is 5.69 Å². The van der Waals surface area contributed by atoms with Crippen molar-refractivity contribution in [3.05, 3.63) is 66.2 Å². The molecule has 4 rings (SSSR count). The molecule has 2 saturated heterocycles. The molecule has 2 aromatic carbocycles. The molecule has 2 fully saturated rings. The zero-order valence-corrected chi connectivity index (χ0v) is 14.5. The fourth-order valence-corrected chi connectivity index (χ4v) is 6.21. The summed E-state index contributed by atoms with van der Waals surface area (Å²) >= 11 is 0. The summed E-state index contributed by atoms with van der Waals surface area (Å²) < 4.78 is 27.4. The lowest BCUT2D eigenvalue weighted by molar-refractivity contribution is 0.320. The van der Waals surface area contributed by atoms with Gasteiger partial charge in [0.2, 0.25) is 10.0 Å². The van der Waals surface area contributed by atoms with Crippen LogP contribution in [0.25, 0.3) is 0 Å². The Kier molecular flexibility index (Phi) is 3.85. The van der Waals surface area contributed by atoms with Gasteiger partial charge in [0.15, 0.2) is 0 Å². The minimum absolute atomic E-state index is 0.589. The Morgan fingerprint density at radius 3 is 2.21 bits per heavy atom. The summed E-state index contributed by atoms with van der Waals surface area (Å²) in [5, 5.41) is 0. The lowest BCUT2D eigenvalue weighted by Crippen LogP contribution is -2.42. The van der Waals surface area contributed by atoms with Crippen molar-refractivity contribution < 1.29 is 8.42 Å². The van der Waals surface area contributed by atoms with Crippen LogP contribution in [0.1, 0.15) is 18.4 Å². The van der Waals surface area contributed by atoms with Gasteiger partial charge < -0.3 is 0 Å². The van der Waals surface area contributed by atoms with Crippen LogP contribution in [-0.2, 0) is 16.6 Å². The highest BCUT2D eigenvalue weighted by Gasteiger charge is 2.55. The van der Waals surface area contributed by atoms with Crippen LogP contribution in [0, 0.1) is 0 Å². The zero-order chi connectivity index (χ0) is 16.6. The first-order valence-electron chi connectivity index (χ1n) is 8.44. The second-order valence-corrected chi connectivity index (χ2v) is 9.05. The molecule has 2 aliphatic rings. The van der Waals surface area contributed by atoms with E-state index in [1.807, 2.05) is 48.5 Å². The number of rotatable bonds is 3. The Hall–Kier alpha value is -1.85. The molecule has 0 aliphatic carbocycles. The largest absolute Gasteiger partial charge is 0.297 e. The predicted molar refractivity (Wildman–Crippen MR) is 96.4 cm³/mol. The maximum absolute atomic E-state index is 13.2. The highest BCUT2D eigenvalue weighted by Crippen LogP contribution is 2.42. The average Bonchev–Trinajstić information content (AvgIpc) is 3.12. The van der Waals surface area contributed by atoms with Gasteiger partial charge in [-0.1, -0.05) is 48.5 Å². The molecule has 5 heteroatoms. The van der Waals surface area contributed by atoms with E-state index in [1.165, 1.54) is 5.56 Å². The molecule has 0 bridgehead atoms. The Morgan fingerprint density at radius 2 is 1.50 bits per heavy atom. The molecule has 1 spiro atoms. The van der Waals surface area contributed by atoms with Crippen LogP contribution in [0.2, 0.25) is 0 Å². The minimum atomic E-state index is -3.31. The maximum Gasteiger partial charge on any atom is 0.242 e. The van der Waals surface area contributed by atoms with Crippen molar-refractivity contribution in [1.29, 1.82) is 0 Å². The highest BCUT2D eigenvalue weighted by atomic mass is 32.2. The summed E-state index contributed by atoms with van der Waals surface area (Å²) in [6, 6.07) is 19.7. The summed E-state index contributed by atoms with van der Waals surface area (Å²) in [4.78, 5) is 2.28. The monoisotopic (exact) mass is 342 g/mol. The quantitative estimate of drug-likeness (QED) is 0.861. The number of nitrogens with zero attached hydrogens (tertiary/aromatic N) is 2. The van der Waals surface area contributed by atoms with Gasteiger partial charge in [-0.15, -0.1) is 0 Å². The van der Waals surface area contributed by atoms with Gasteiger partial charge in [0.1, 0.15) is 4.75 Å². The van der Waals surface area contributed by atoms with Gasteiger partial charge in [-0.2, -0.15) is 0 Å². The molecule has 2 heterocycles. The van der Waals surface area contributed by atoms with E-state index in [0.29, 0.717) is 13.1 Å². The molecule has 0 radical (unpaired) electrons. The summed E-state index contributed by atoms with van der Waals surface area (Å²) in [6.45, 7) is 2.89. The molecule has 0 aromatic heterocycles. The molecular weight excluding hydrogens is 320 g/mol. The van der Waals surface area contributed by atoms with E-state index in [-0.39, 0.29) is 0 Å². The van der Waals surface area contributed by atoms with E-state index in [1.54, 1.807) is 4.31 Å². The van der Waals surface area contributed by atoms with Crippen molar-refractivity contribution >= 4 is 15.7 Å². The SMILES string of the molecule is O=S1(=O)N(c2ccccc2)CC[C@]12CCN(Cc1ccccc1)C2. The van der Waals surface area contributed by atoms with Gasteiger partial charge in [0.05, 0.1) is 5.69 Å². The first kappa shape index (κ1) is 15.7. The van der Waals surface area contributed by atoms with Gasteiger partial charge in [-0.25, -0.2) is 8.42 Å². The summed E-state index contributed by atoms with van der Waals surface area (Å²) in [7, 11) is -3.31. The molecule has 0 unspecified atom stereocenters. The molecule has 0 saturated carbocycles. The summed E-state index contributed by atoms with van der Waals surface area (Å²) in [5.41, 5.74) is 2.03.